The molecular weight excluding hydrogens is 460 g/mol. The van der Waals surface area contributed by atoms with Gasteiger partial charge in [-0.2, -0.15) is 0 Å². The summed E-state index contributed by atoms with van der Waals surface area (Å²) in [6, 6.07) is 20.5. The fraction of sp³-hybridized carbons (Fsp3) is 0.0417. The summed E-state index contributed by atoms with van der Waals surface area (Å²) in [7, 11) is 0. The fourth-order valence-electron chi connectivity index (χ4n) is 3.33. The third-order valence-corrected chi connectivity index (χ3v) is 6.28. The van der Waals surface area contributed by atoms with Gasteiger partial charge in [-0.15, -0.1) is 0 Å². The number of benzene rings is 3. The van der Waals surface area contributed by atoms with Crippen molar-refractivity contribution in [3.8, 4) is 0 Å². The van der Waals surface area contributed by atoms with Crippen LogP contribution in [-0.2, 0) is 6.54 Å². The summed E-state index contributed by atoms with van der Waals surface area (Å²) in [5.41, 5.74) is 3.03. The molecule has 2 nitrogen and oxygen atoms in total. The van der Waals surface area contributed by atoms with Gasteiger partial charge in [0.1, 0.15) is 5.15 Å². The Balaban J connectivity index is 1.74. The van der Waals surface area contributed by atoms with E-state index >= 15 is 0 Å². The number of hydrogen-bond donors (Lipinski definition) is 0. The van der Waals surface area contributed by atoms with Crippen molar-refractivity contribution >= 4 is 69.2 Å². The fourth-order valence-corrected chi connectivity index (χ4v) is 4.17. The summed E-state index contributed by atoms with van der Waals surface area (Å²) < 4.78 is 1.92. The molecule has 0 bridgehead atoms. The van der Waals surface area contributed by atoms with E-state index in [0.717, 1.165) is 16.5 Å². The van der Waals surface area contributed by atoms with E-state index in [4.69, 9.17) is 46.4 Å². The van der Waals surface area contributed by atoms with Crippen molar-refractivity contribution < 1.29 is 4.79 Å². The average Bonchev–Trinajstić information content (AvgIpc) is 3.02. The highest BCUT2D eigenvalue weighted by molar-refractivity contribution is 6.43. The van der Waals surface area contributed by atoms with Crippen LogP contribution in [0, 0.1) is 0 Å². The van der Waals surface area contributed by atoms with Gasteiger partial charge in [0.15, 0.2) is 5.78 Å². The molecule has 6 heteroatoms. The zero-order valence-corrected chi connectivity index (χ0v) is 18.6. The Morgan fingerprint density at radius 1 is 0.867 bits per heavy atom. The molecule has 0 aliphatic rings. The van der Waals surface area contributed by atoms with Gasteiger partial charge in [-0.25, -0.2) is 0 Å². The zero-order chi connectivity index (χ0) is 21.3. The number of ketones is 1. The number of aromatic nitrogens is 1. The van der Waals surface area contributed by atoms with Gasteiger partial charge in [0, 0.05) is 17.0 Å². The van der Waals surface area contributed by atoms with Crippen LogP contribution in [0.3, 0.4) is 0 Å². The summed E-state index contributed by atoms with van der Waals surface area (Å²) in [5, 5.41) is 2.69. The number of para-hydroxylation sites is 1. The smallest absolute Gasteiger partial charge is 0.189 e. The topological polar surface area (TPSA) is 22.0 Å². The first kappa shape index (κ1) is 21.0. The lowest BCUT2D eigenvalue weighted by atomic mass is 10.1. The Bertz CT molecular complexity index is 1270. The molecule has 4 aromatic rings. The van der Waals surface area contributed by atoms with Crippen LogP contribution in [-0.4, -0.2) is 10.4 Å². The highest BCUT2D eigenvalue weighted by atomic mass is 35.5. The Labute approximate surface area is 194 Å². The molecule has 0 spiro atoms. The predicted octanol–water partition coefficient (Wildman–Crippen LogP) is 8.20. The summed E-state index contributed by atoms with van der Waals surface area (Å²) in [5.74, 6) is -0.206. The molecule has 0 radical (unpaired) electrons. The van der Waals surface area contributed by atoms with Gasteiger partial charge >= 0.3 is 0 Å². The molecule has 0 N–H and O–H groups in total. The largest absolute Gasteiger partial charge is 0.327 e. The second-order valence-electron chi connectivity index (χ2n) is 6.74. The van der Waals surface area contributed by atoms with E-state index in [1.807, 2.05) is 53.1 Å². The molecule has 1 aromatic heterocycles. The standard InChI is InChI=1S/C24H15Cl4NO/c25-17-11-8-15(9-12-17)14-29-20-7-2-1-5-18(20)22(24(29)28)21(30)13-10-16-4-3-6-19(26)23(16)27/h1-13H,14H2/b13-10+. The first-order valence-electron chi connectivity index (χ1n) is 9.13. The van der Waals surface area contributed by atoms with Gasteiger partial charge in [-0.3, -0.25) is 4.79 Å². The summed E-state index contributed by atoms with van der Waals surface area (Å²) in [4.78, 5) is 13.1. The van der Waals surface area contributed by atoms with Crippen molar-refractivity contribution in [2.75, 3.05) is 0 Å². The van der Waals surface area contributed by atoms with Crippen molar-refractivity contribution in [1.82, 2.24) is 4.57 Å². The van der Waals surface area contributed by atoms with Crippen LogP contribution >= 0.6 is 46.4 Å². The second kappa shape index (κ2) is 8.87. The van der Waals surface area contributed by atoms with Crippen molar-refractivity contribution in [3.05, 3.63) is 110 Å². The molecule has 0 saturated carbocycles. The van der Waals surface area contributed by atoms with Crippen molar-refractivity contribution in [3.63, 3.8) is 0 Å². The van der Waals surface area contributed by atoms with Crippen LogP contribution in [0.15, 0.2) is 72.8 Å². The monoisotopic (exact) mass is 473 g/mol. The molecule has 0 atom stereocenters. The maximum absolute atomic E-state index is 13.1. The van der Waals surface area contributed by atoms with Crippen molar-refractivity contribution in [2.24, 2.45) is 0 Å². The van der Waals surface area contributed by atoms with Gasteiger partial charge in [0.25, 0.3) is 0 Å². The lowest BCUT2D eigenvalue weighted by Crippen LogP contribution is -2.01. The molecule has 0 unspecified atom stereocenters. The number of fused-ring (bicyclic) bond motifs is 1. The summed E-state index contributed by atoms with van der Waals surface area (Å²) in [6.07, 6.45) is 3.12. The molecule has 0 saturated heterocycles. The van der Waals surface area contributed by atoms with Crippen LogP contribution in [0.25, 0.3) is 17.0 Å². The maximum Gasteiger partial charge on any atom is 0.189 e. The number of allylic oxidation sites excluding steroid dienone is 1. The molecule has 1 heterocycles. The maximum atomic E-state index is 13.1. The normalized spacial score (nSPS) is 11.5. The minimum atomic E-state index is -0.206. The third kappa shape index (κ3) is 4.14. The van der Waals surface area contributed by atoms with E-state index in [-0.39, 0.29) is 5.78 Å². The average molecular weight is 475 g/mol. The molecule has 0 aliphatic heterocycles. The zero-order valence-electron chi connectivity index (χ0n) is 15.6. The second-order valence-corrected chi connectivity index (χ2v) is 8.32. The highest BCUT2D eigenvalue weighted by Crippen LogP contribution is 2.32. The van der Waals surface area contributed by atoms with Crippen molar-refractivity contribution in [2.45, 2.75) is 6.54 Å². The molecule has 3 aromatic carbocycles. The van der Waals surface area contributed by atoms with Gasteiger partial charge in [0.2, 0.25) is 0 Å². The third-order valence-electron chi connectivity index (χ3n) is 4.80. The minimum absolute atomic E-state index is 0.206. The molecule has 0 fully saturated rings. The first-order chi connectivity index (χ1) is 14.5. The van der Waals surface area contributed by atoms with Crippen LogP contribution in [0.5, 0.6) is 0 Å². The van der Waals surface area contributed by atoms with Crippen LogP contribution in [0.4, 0.5) is 0 Å². The number of carbonyl (C=O) groups excluding carboxylic acids is 1. The lowest BCUT2D eigenvalue weighted by Gasteiger charge is -2.07. The molecule has 0 amide bonds. The Kier molecular flexibility index (Phi) is 6.21. The molecule has 0 aliphatic carbocycles. The quantitative estimate of drug-likeness (QED) is 0.211. The predicted molar refractivity (Wildman–Crippen MR) is 127 cm³/mol. The van der Waals surface area contributed by atoms with E-state index in [9.17, 15) is 4.79 Å². The number of nitrogens with zero attached hydrogens (tertiary/aromatic N) is 1. The van der Waals surface area contributed by atoms with Crippen LogP contribution in [0.2, 0.25) is 20.2 Å². The lowest BCUT2D eigenvalue weighted by molar-refractivity contribution is 0.104. The molecular formula is C24H15Cl4NO. The minimum Gasteiger partial charge on any atom is -0.327 e. The summed E-state index contributed by atoms with van der Waals surface area (Å²) in [6.45, 7) is 0.521. The molecule has 150 valence electrons. The van der Waals surface area contributed by atoms with E-state index in [0.29, 0.717) is 37.9 Å². The van der Waals surface area contributed by atoms with Gasteiger partial charge in [-0.05, 0) is 47.5 Å². The van der Waals surface area contributed by atoms with Crippen molar-refractivity contribution in [1.29, 1.82) is 0 Å². The Morgan fingerprint density at radius 2 is 1.60 bits per heavy atom. The van der Waals surface area contributed by atoms with Crippen LogP contribution in [0.1, 0.15) is 21.5 Å². The van der Waals surface area contributed by atoms with Gasteiger partial charge < -0.3 is 4.57 Å². The first-order valence-corrected chi connectivity index (χ1v) is 10.6. The number of carbonyl (C=O) groups is 1. The SMILES string of the molecule is O=C(/C=C/c1cccc(Cl)c1Cl)c1c(Cl)n(Cc2ccc(Cl)cc2)c2ccccc12. The van der Waals surface area contributed by atoms with E-state index in [1.165, 1.54) is 6.08 Å². The highest BCUT2D eigenvalue weighted by Gasteiger charge is 2.20. The molecule has 4 rings (SSSR count). The Hall–Kier alpha value is -2.23. The van der Waals surface area contributed by atoms with E-state index < -0.39 is 0 Å². The Morgan fingerprint density at radius 3 is 2.37 bits per heavy atom. The van der Waals surface area contributed by atoms with Crippen LogP contribution < -0.4 is 0 Å². The number of halogens is 4. The van der Waals surface area contributed by atoms with E-state index in [2.05, 4.69) is 0 Å². The van der Waals surface area contributed by atoms with Gasteiger partial charge in [-0.1, -0.05) is 88.9 Å². The van der Waals surface area contributed by atoms with Gasteiger partial charge in [0.05, 0.1) is 21.1 Å². The summed E-state index contributed by atoms with van der Waals surface area (Å²) >= 11 is 25.0. The molecule has 30 heavy (non-hydrogen) atoms. The number of hydrogen-bond acceptors (Lipinski definition) is 1. The van der Waals surface area contributed by atoms with E-state index in [1.54, 1.807) is 24.3 Å². The number of rotatable bonds is 5.